The molecular weight excluding hydrogens is 671 g/mol. The van der Waals surface area contributed by atoms with Crippen molar-refractivity contribution in [1.82, 2.24) is 9.55 Å². The summed E-state index contributed by atoms with van der Waals surface area (Å²) in [5.74, 6) is 0. The number of hydrogen-bond donors (Lipinski definition) is 0. The molecule has 0 saturated carbocycles. The first-order valence-corrected chi connectivity index (χ1v) is 12.5. The van der Waals surface area contributed by atoms with Gasteiger partial charge in [-0.1, -0.05) is 60.0 Å². The Morgan fingerprint density at radius 2 is 1.65 bits per heavy atom. The van der Waals surface area contributed by atoms with Gasteiger partial charge in [0.15, 0.2) is 0 Å². The molecule has 0 N–H and O–H groups in total. The fourth-order valence-corrected chi connectivity index (χ4v) is 4.26. The van der Waals surface area contributed by atoms with Crippen LogP contribution >= 0.6 is 0 Å². The van der Waals surface area contributed by atoms with Gasteiger partial charge >= 0.3 is 20.1 Å². The van der Waals surface area contributed by atoms with Crippen LogP contribution in [0.1, 0.15) is 9.68 Å². The molecule has 40 heavy (non-hydrogen) atoms. The topological polar surface area (TPSA) is 34.8 Å². The number of benzene rings is 4. The van der Waals surface area contributed by atoms with Crippen LogP contribution in [0.2, 0.25) is 0 Å². The molecule has 194 valence electrons. The molecule has 0 fully saturated rings. The fraction of sp³-hybridized carbons (Fsp3) is 0.0286. The summed E-state index contributed by atoms with van der Waals surface area (Å²) >= 11 is 0. The van der Waals surface area contributed by atoms with Gasteiger partial charge in [0.2, 0.25) is 0 Å². The van der Waals surface area contributed by atoms with Gasteiger partial charge in [0.1, 0.15) is 0 Å². The zero-order valence-electron chi connectivity index (χ0n) is 24.3. The number of aryl methyl sites for hydroxylation is 1. The predicted molar refractivity (Wildman–Crippen MR) is 153 cm³/mol. The summed E-state index contributed by atoms with van der Waals surface area (Å²) < 4.78 is 32.8. The summed E-state index contributed by atoms with van der Waals surface area (Å²) in [5.41, 5.74) is 6.04. The molecule has 4 nitrogen and oxygen atoms in total. The molecule has 0 aliphatic carbocycles. The number of pyridine rings is 1. The van der Waals surface area contributed by atoms with Crippen molar-refractivity contribution in [2.75, 3.05) is 0 Å². The van der Waals surface area contributed by atoms with Crippen molar-refractivity contribution >= 4 is 11.0 Å². The monoisotopic (exact) mass is 699 g/mol. The Bertz CT molecular complexity index is 1920. The average Bonchev–Trinajstić information content (AvgIpc) is 3.70. The van der Waals surface area contributed by atoms with Crippen molar-refractivity contribution in [3.8, 4) is 33.8 Å². The number of aromatic nitrogens is 3. The molecule has 4 aromatic carbocycles. The van der Waals surface area contributed by atoms with Crippen molar-refractivity contribution in [3.05, 3.63) is 158 Å². The minimum atomic E-state index is -2.20. The first kappa shape index (κ1) is 23.3. The van der Waals surface area contributed by atoms with Crippen LogP contribution in [-0.4, -0.2) is 9.55 Å². The number of nitrogens with zero attached hydrogens (tertiary/aromatic N) is 3. The third-order valence-corrected chi connectivity index (χ3v) is 6.22. The summed E-state index contributed by atoms with van der Waals surface area (Å²) in [4.78, 5) is 4.42. The van der Waals surface area contributed by atoms with Crippen molar-refractivity contribution in [3.63, 3.8) is 0 Å². The third-order valence-electron chi connectivity index (χ3n) is 6.22. The zero-order valence-corrected chi connectivity index (χ0v) is 23.7. The molecule has 0 spiro atoms. The predicted octanol–water partition coefficient (Wildman–Crippen LogP) is 7.62. The van der Waals surface area contributed by atoms with E-state index in [1.807, 2.05) is 119 Å². The Kier molecular flexibility index (Phi) is 7.30. The van der Waals surface area contributed by atoms with Gasteiger partial charge in [-0.05, 0) is 35.8 Å². The quantitative estimate of drug-likeness (QED) is 0.140. The van der Waals surface area contributed by atoms with Crippen LogP contribution in [0.4, 0.5) is 0 Å². The van der Waals surface area contributed by atoms with Gasteiger partial charge in [0.05, 0.1) is 17.6 Å². The number of fused-ring (bicyclic) bond motifs is 1. The smallest absolute Gasteiger partial charge is 0.512 e. The maximum atomic E-state index is 7.82. The summed E-state index contributed by atoms with van der Waals surface area (Å²) in [5, 5.41) is 0.958. The molecule has 5 heteroatoms. The summed E-state index contributed by atoms with van der Waals surface area (Å²) in [7, 11) is 0. The first-order valence-electron chi connectivity index (χ1n) is 14.0. The molecule has 0 bridgehead atoms. The van der Waals surface area contributed by atoms with Gasteiger partial charge in [-0.2, -0.15) is 0 Å². The van der Waals surface area contributed by atoms with Crippen LogP contribution in [0.3, 0.4) is 0 Å². The molecule has 0 amide bonds. The maximum Gasteiger partial charge on any atom is 3.00 e. The molecule has 0 aliphatic rings. The molecule has 3 aromatic heterocycles. The van der Waals surface area contributed by atoms with Crippen LogP contribution < -0.4 is 4.57 Å². The van der Waals surface area contributed by atoms with E-state index in [4.69, 9.17) is 8.53 Å². The van der Waals surface area contributed by atoms with E-state index >= 15 is 0 Å². The van der Waals surface area contributed by atoms with E-state index in [-0.39, 0.29) is 20.1 Å². The average molecular weight is 699 g/mol. The van der Waals surface area contributed by atoms with Crippen LogP contribution in [-0.2, 0) is 20.1 Å². The molecule has 7 rings (SSSR count). The molecule has 0 radical (unpaired) electrons. The third kappa shape index (κ3) is 5.86. The van der Waals surface area contributed by atoms with Crippen molar-refractivity contribution in [2.24, 2.45) is 0 Å². The van der Waals surface area contributed by atoms with Crippen molar-refractivity contribution in [2.45, 2.75) is 6.85 Å². The normalized spacial score (nSPS) is 11.8. The Labute approximate surface area is 251 Å². The molecule has 7 aromatic rings. The van der Waals surface area contributed by atoms with Gasteiger partial charge in [-0.15, -0.1) is 60.2 Å². The zero-order chi connectivity index (χ0) is 28.9. The summed E-state index contributed by atoms with van der Waals surface area (Å²) in [6.45, 7) is -2.20. The van der Waals surface area contributed by atoms with Crippen LogP contribution in [0, 0.1) is 25.3 Å². The van der Waals surface area contributed by atoms with Gasteiger partial charge < -0.3 is 9.40 Å². The van der Waals surface area contributed by atoms with E-state index in [0.717, 1.165) is 33.5 Å². The number of furan rings is 1. The molecule has 0 unspecified atom stereocenters. The SMILES string of the molecule is [2H]C([2H])([2H])c1cc(-c2[c-]cccc2)ncc1-c1ccccc1.[Ir+3].[c-]1cccc2occ(-n3[c-][n+](-c4ccccc4)cc3)c12. The van der Waals surface area contributed by atoms with Crippen LogP contribution in [0.15, 0.2) is 138 Å². The summed E-state index contributed by atoms with van der Waals surface area (Å²) in [6.07, 6.45) is 10.6. The fourth-order valence-electron chi connectivity index (χ4n) is 4.26. The molecule has 3 heterocycles. The van der Waals surface area contributed by atoms with Gasteiger partial charge in [-0.3, -0.25) is 9.13 Å². The number of imidazole rings is 1. The Morgan fingerprint density at radius 3 is 2.42 bits per heavy atom. The van der Waals surface area contributed by atoms with E-state index in [2.05, 4.69) is 23.4 Å². The molecule has 0 saturated heterocycles. The second-order valence-corrected chi connectivity index (χ2v) is 8.76. The second-order valence-electron chi connectivity index (χ2n) is 8.76. The van der Waals surface area contributed by atoms with E-state index in [1.54, 1.807) is 24.6 Å². The Balaban J connectivity index is 0.000000168. The van der Waals surface area contributed by atoms with Crippen LogP contribution in [0.5, 0.6) is 0 Å². The maximum absolute atomic E-state index is 7.82. The van der Waals surface area contributed by atoms with E-state index in [9.17, 15) is 0 Å². The van der Waals surface area contributed by atoms with Crippen molar-refractivity contribution in [1.29, 1.82) is 0 Å². The number of rotatable bonds is 4. The standard InChI is InChI=1S/C18H14N.C17H11N2O.Ir/c1-14-12-18(16-10-6-3-7-11-16)19-13-17(14)15-8-4-2-5-9-15;1-2-6-14(7-3-1)18-10-11-19(13-18)16-12-20-17-9-5-4-8-15(16)17;/h2-10,12-13H,1H3;1-7,9-12H;/q2*-1;+3/i1D3;;. The minimum absolute atomic E-state index is 0. The molecular formula is C35H25IrN3O+. The Hall–Kier alpha value is -4.57. The van der Waals surface area contributed by atoms with Gasteiger partial charge in [0.25, 0.3) is 6.33 Å². The summed E-state index contributed by atoms with van der Waals surface area (Å²) in [6, 6.07) is 40.6. The van der Waals surface area contributed by atoms with Crippen LogP contribution in [0.25, 0.3) is 44.7 Å². The number of hydrogen-bond acceptors (Lipinski definition) is 2. The molecule has 0 aliphatic heterocycles. The van der Waals surface area contributed by atoms with Gasteiger partial charge in [-0.25, -0.2) is 0 Å². The first-order chi connectivity index (χ1) is 20.5. The van der Waals surface area contributed by atoms with E-state index in [1.165, 1.54) is 0 Å². The van der Waals surface area contributed by atoms with E-state index in [0.29, 0.717) is 16.8 Å². The number of para-hydroxylation sites is 1. The Morgan fingerprint density at radius 1 is 0.875 bits per heavy atom. The van der Waals surface area contributed by atoms with Crippen molar-refractivity contribution < 1.29 is 33.2 Å². The van der Waals surface area contributed by atoms with Gasteiger partial charge in [0, 0.05) is 33.8 Å². The minimum Gasteiger partial charge on any atom is -0.512 e. The largest absolute Gasteiger partial charge is 3.00 e. The van der Waals surface area contributed by atoms with E-state index < -0.39 is 6.85 Å². The molecule has 0 atom stereocenters. The second kappa shape index (κ2) is 12.5.